The molecule has 1 unspecified atom stereocenters. The van der Waals surface area contributed by atoms with Crippen LogP contribution in [0.5, 0.6) is 5.75 Å². The Balaban J connectivity index is 1.30. The maximum Gasteiger partial charge on any atom is 0.251 e. The molecule has 30 heavy (non-hydrogen) atoms. The van der Waals surface area contributed by atoms with Gasteiger partial charge in [0, 0.05) is 12.1 Å². The summed E-state index contributed by atoms with van der Waals surface area (Å²) in [5.74, 6) is 1.02. The maximum absolute atomic E-state index is 12.4. The van der Waals surface area contributed by atoms with Gasteiger partial charge in [-0.2, -0.15) is 0 Å². The molecular weight excluding hydrogens is 398 g/mol. The summed E-state index contributed by atoms with van der Waals surface area (Å²) in [5, 5.41) is 7.89. The zero-order chi connectivity index (χ0) is 20.8. The van der Waals surface area contributed by atoms with Gasteiger partial charge in [-0.05, 0) is 41.6 Å². The van der Waals surface area contributed by atoms with E-state index in [1.807, 2.05) is 60.9 Å². The van der Waals surface area contributed by atoms with Gasteiger partial charge in [-0.3, -0.25) is 4.79 Å². The zero-order valence-electron chi connectivity index (χ0n) is 16.4. The number of pyridine rings is 1. The van der Waals surface area contributed by atoms with E-state index in [4.69, 9.17) is 9.57 Å². The van der Waals surface area contributed by atoms with Gasteiger partial charge in [0.15, 0.2) is 6.10 Å². The minimum absolute atomic E-state index is 0.112. The first kappa shape index (κ1) is 20.0. The van der Waals surface area contributed by atoms with Crippen molar-refractivity contribution in [3.8, 4) is 5.75 Å². The number of hydrogen-bond acceptors (Lipinski definition) is 6. The number of oxime groups is 1. The Morgan fingerprint density at radius 3 is 2.63 bits per heavy atom. The molecular formula is C23H21N3O3S. The van der Waals surface area contributed by atoms with E-state index in [0.29, 0.717) is 30.2 Å². The fourth-order valence-electron chi connectivity index (χ4n) is 3.01. The van der Waals surface area contributed by atoms with E-state index in [9.17, 15) is 4.79 Å². The number of aromatic nitrogens is 1. The van der Waals surface area contributed by atoms with Crippen molar-refractivity contribution < 1.29 is 14.4 Å². The number of amides is 1. The number of carbonyl (C=O) groups is 1. The predicted molar refractivity (Wildman–Crippen MR) is 117 cm³/mol. The van der Waals surface area contributed by atoms with Crippen LogP contribution in [-0.2, 0) is 11.4 Å². The number of hydrogen-bond donors (Lipinski definition) is 1. The molecule has 1 aliphatic heterocycles. The van der Waals surface area contributed by atoms with E-state index in [-0.39, 0.29) is 12.0 Å². The van der Waals surface area contributed by atoms with Crippen molar-refractivity contribution >= 4 is 23.6 Å². The van der Waals surface area contributed by atoms with E-state index in [0.717, 1.165) is 16.2 Å². The first-order chi connectivity index (χ1) is 14.7. The van der Waals surface area contributed by atoms with Crippen molar-refractivity contribution in [3.05, 3.63) is 89.6 Å². The van der Waals surface area contributed by atoms with Crippen LogP contribution in [0.3, 0.4) is 0 Å². The summed E-state index contributed by atoms with van der Waals surface area (Å²) in [7, 11) is 0. The van der Waals surface area contributed by atoms with E-state index in [1.165, 1.54) is 0 Å². The Morgan fingerprint density at radius 1 is 1.13 bits per heavy atom. The van der Waals surface area contributed by atoms with Crippen LogP contribution in [-0.4, -0.2) is 23.0 Å². The Labute approximate surface area is 179 Å². The lowest BCUT2D eigenvalue weighted by Crippen LogP contribution is -2.22. The quantitative estimate of drug-likeness (QED) is 0.592. The average molecular weight is 420 g/mol. The van der Waals surface area contributed by atoms with Gasteiger partial charge >= 0.3 is 0 Å². The molecule has 6 nitrogen and oxygen atoms in total. The van der Waals surface area contributed by atoms with Crippen molar-refractivity contribution in [2.75, 3.05) is 6.26 Å². The predicted octanol–water partition coefficient (Wildman–Crippen LogP) is 4.59. The fraction of sp³-hybridized carbons (Fsp3) is 0.174. The highest BCUT2D eigenvalue weighted by Gasteiger charge is 2.25. The number of nitrogens with zero attached hydrogens (tertiary/aromatic N) is 2. The molecule has 0 saturated heterocycles. The molecule has 2 heterocycles. The maximum atomic E-state index is 12.4. The molecule has 7 heteroatoms. The summed E-state index contributed by atoms with van der Waals surface area (Å²) in [6.07, 6.45) is 3.93. The molecule has 1 aromatic heterocycles. The van der Waals surface area contributed by atoms with Crippen LogP contribution in [0.15, 0.2) is 83.1 Å². The van der Waals surface area contributed by atoms with Crippen LogP contribution in [0.2, 0.25) is 0 Å². The molecule has 1 N–H and O–H groups in total. The molecule has 0 fully saturated rings. The summed E-state index contributed by atoms with van der Waals surface area (Å²) >= 11 is 1.57. The standard InChI is InChI=1S/C23H21N3O3S/c1-30-22-12-11-19(15-24-22)28-21-13-20(29-26-21)17-7-9-18(10-8-17)23(27)25-14-16-5-3-2-4-6-16/h2-12,15,20H,13-14H2,1H3,(H,25,27). The van der Waals surface area contributed by atoms with Crippen molar-refractivity contribution in [2.24, 2.45) is 5.16 Å². The number of rotatable bonds is 6. The van der Waals surface area contributed by atoms with Crippen LogP contribution in [0, 0.1) is 0 Å². The fourth-order valence-corrected chi connectivity index (χ4v) is 3.37. The SMILES string of the molecule is CSc1ccc(OC2=NOC(c3ccc(C(=O)NCc4ccccc4)cc3)C2)cn1. The molecule has 0 bridgehead atoms. The summed E-state index contributed by atoms with van der Waals surface area (Å²) in [6, 6.07) is 20.9. The van der Waals surface area contributed by atoms with Crippen molar-refractivity contribution in [2.45, 2.75) is 24.1 Å². The van der Waals surface area contributed by atoms with E-state index >= 15 is 0 Å². The van der Waals surface area contributed by atoms with E-state index < -0.39 is 0 Å². The van der Waals surface area contributed by atoms with Crippen molar-refractivity contribution in [1.82, 2.24) is 10.3 Å². The first-order valence-corrected chi connectivity index (χ1v) is 10.8. The summed E-state index contributed by atoms with van der Waals surface area (Å²) in [4.78, 5) is 22.2. The van der Waals surface area contributed by atoms with Gasteiger partial charge in [-0.1, -0.05) is 47.6 Å². The molecule has 2 aromatic carbocycles. The Hall–Kier alpha value is -3.32. The van der Waals surface area contributed by atoms with E-state index in [2.05, 4.69) is 15.5 Å². The molecule has 0 radical (unpaired) electrons. The smallest absolute Gasteiger partial charge is 0.251 e. The van der Waals surface area contributed by atoms with Gasteiger partial charge in [0.25, 0.3) is 5.91 Å². The Morgan fingerprint density at radius 2 is 1.93 bits per heavy atom. The monoisotopic (exact) mass is 419 g/mol. The van der Waals surface area contributed by atoms with Crippen LogP contribution in [0.25, 0.3) is 0 Å². The lowest BCUT2D eigenvalue weighted by atomic mass is 10.0. The Bertz CT molecular complexity index is 1020. The van der Waals surface area contributed by atoms with Gasteiger partial charge in [-0.25, -0.2) is 4.98 Å². The number of nitrogens with one attached hydrogen (secondary N) is 1. The Kier molecular flexibility index (Phi) is 6.29. The van der Waals surface area contributed by atoms with Crippen molar-refractivity contribution in [3.63, 3.8) is 0 Å². The summed E-state index contributed by atoms with van der Waals surface area (Å²) in [6.45, 7) is 0.495. The third-order valence-electron chi connectivity index (χ3n) is 4.64. The number of ether oxygens (including phenoxy) is 1. The van der Waals surface area contributed by atoms with Gasteiger partial charge in [0.05, 0.1) is 17.6 Å². The second kappa shape index (κ2) is 9.45. The number of carbonyl (C=O) groups excluding carboxylic acids is 1. The first-order valence-electron chi connectivity index (χ1n) is 9.54. The molecule has 4 rings (SSSR count). The van der Waals surface area contributed by atoms with Crippen LogP contribution in [0.1, 0.15) is 34.0 Å². The minimum atomic E-state index is -0.236. The second-order valence-corrected chi connectivity index (χ2v) is 7.54. The van der Waals surface area contributed by atoms with Crippen molar-refractivity contribution in [1.29, 1.82) is 0 Å². The van der Waals surface area contributed by atoms with Gasteiger partial charge in [0.2, 0.25) is 5.90 Å². The highest BCUT2D eigenvalue weighted by atomic mass is 32.2. The average Bonchev–Trinajstić information content (AvgIpc) is 3.27. The number of thioether (sulfide) groups is 1. The molecule has 1 atom stereocenters. The summed E-state index contributed by atoms with van der Waals surface area (Å²) < 4.78 is 5.75. The van der Waals surface area contributed by atoms with E-state index in [1.54, 1.807) is 30.1 Å². The van der Waals surface area contributed by atoms with Gasteiger partial charge in [-0.15, -0.1) is 11.8 Å². The zero-order valence-corrected chi connectivity index (χ0v) is 17.3. The molecule has 3 aromatic rings. The second-order valence-electron chi connectivity index (χ2n) is 6.71. The highest BCUT2D eigenvalue weighted by molar-refractivity contribution is 7.98. The minimum Gasteiger partial charge on any atom is -0.438 e. The third-order valence-corrected chi connectivity index (χ3v) is 5.30. The van der Waals surface area contributed by atoms with Gasteiger partial charge < -0.3 is 14.9 Å². The molecule has 1 amide bonds. The molecule has 0 saturated carbocycles. The number of benzene rings is 2. The largest absolute Gasteiger partial charge is 0.438 e. The summed E-state index contributed by atoms with van der Waals surface area (Å²) in [5.41, 5.74) is 2.60. The van der Waals surface area contributed by atoms with Gasteiger partial charge in [0.1, 0.15) is 5.75 Å². The highest BCUT2D eigenvalue weighted by Crippen LogP contribution is 2.28. The molecule has 0 aliphatic carbocycles. The lowest BCUT2D eigenvalue weighted by molar-refractivity contribution is 0.0854. The molecule has 1 aliphatic rings. The van der Waals surface area contributed by atoms with Crippen LogP contribution < -0.4 is 10.1 Å². The van der Waals surface area contributed by atoms with Crippen LogP contribution >= 0.6 is 11.8 Å². The lowest BCUT2D eigenvalue weighted by Gasteiger charge is -2.10. The van der Waals surface area contributed by atoms with Crippen LogP contribution in [0.4, 0.5) is 0 Å². The normalized spacial score (nSPS) is 15.2. The molecule has 152 valence electrons. The topological polar surface area (TPSA) is 72.8 Å². The molecule has 0 spiro atoms. The third kappa shape index (κ3) is 4.99.